The minimum Gasteiger partial charge on any atom is -0.478 e. The van der Waals surface area contributed by atoms with Crippen molar-refractivity contribution in [3.05, 3.63) is 29.3 Å². The Kier molecular flexibility index (Phi) is 5.01. The number of carbonyl (C=O) groups excluding carboxylic acids is 1. The van der Waals surface area contributed by atoms with Gasteiger partial charge in [-0.05, 0) is 11.5 Å². The highest BCUT2D eigenvalue weighted by molar-refractivity contribution is 6.00. The maximum absolute atomic E-state index is 13.2. The molecule has 1 atom stereocenters. The van der Waals surface area contributed by atoms with Crippen LogP contribution >= 0.6 is 0 Å². The molecule has 0 fully saturated rings. The van der Waals surface area contributed by atoms with Gasteiger partial charge in [0.15, 0.2) is 11.6 Å². The van der Waals surface area contributed by atoms with Crippen LogP contribution in [0.5, 0.6) is 0 Å². The van der Waals surface area contributed by atoms with Crippen LogP contribution in [0.1, 0.15) is 37.6 Å². The van der Waals surface area contributed by atoms with E-state index in [1.54, 1.807) is 0 Å². The van der Waals surface area contributed by atoms with E-state index in [-0.39, 0.29) is 17.5 Å². The summed E-state index contributed by atoms with van der Waals surface area (Å²) in [5.74, 6) is -4.57. The van der Waals surface area contributed by atoms with E-state index in [1.165, 1.54) is 0 Å². The molecular formula is C14H18F2N2O3. The number of hydrogen-bond acceptors (Lipinski definition) is 3. The minimum atomic E-state index is -1.47. The van der Waals surface area contributed by atoms with Gasteiger partial charge in [-0.2, -0.15) is 0 Å². The summed E-state index contributed by atoms with van der Waals surface area (Å²) in [5.41, 5.74) is 4.71. The van der Waals surface area contributed by atoms with Gasteiger partial charge in [0, 0.05) is 18.5 Å². The van der Waals surface area contributed by atoms with Gasteiger partial charge in [0.1, 0.15) is 0 Å². The number of hydrogen-bond donors (Lipinski definition) is 3. The van der Waals surface area contributed by atoms with Crippen LogP contribution in [0, 0.1) is 17.0 Å². The molecule has 1 amide bonds. The first-order valence-corrected chi connectivity index (χ1v) is 6.30. The average Bonchev–Trinajstić information content (AvgIpc) is 2.31. The Labute approximate surface area is 121 Å². The summed E-state index contributed by atoms with van der Waals surface area (Å²) in [5, 5.41) is 11.2. The largest absolute Gasteiger partial charge is 0.478 e. The third kappa shape index (κ3) is 4.49. The predicted molar refractivity (Wildman–Crippen MR) is 74.0 cm³/mol. The van der Waals surface area contributed by atoms with E-state index in [0.29, 0.717) is 12.1 Å². The molecule has 5 nitrogen and oxygen atoms in total. The Morgan fingerprint density at radius 2 is 1.81 bits per heavy atom. The summed E-state index contributed by atoms with van der Waals surface area (Å²) >= 11 is 0. The van der Waals surface area contributed by atoms with E-state index in [1.807, 2.05) is 20.8 Å². The lowest BCUT2D eigenvalue weighted by molar-refractivity contribution is -0.117. The molecular weight excluding hydrogens is 282 g/mol. The molecule has 0 aliphatic carbocycles. The number of nitrogens with one attached hydrogen (secondary N) is 1. The first-order valence-electron chi connectivity index (χ1n) is 6.30. The summed E-state index contributed by atoms with van der Waals surface area (Å²) in [6.45, 7) is 5.56. The van der Waals surface area contributed by atoms with E-state index in [4.69, 9.17) is 10.8 Å². The average molecular weight is 300 g/mol. The van der Waals surface area contributed by atoms with Gasteiger partial charge in [0.2, 0.25) is 5.91 Å². The van der Waals surface area contributed by atoms with Crippen molar-refractivity contribution in [1.82, 2.24) is 0 Å². The number of amides is 1. The van der Waals surface area contributed by atoms with Gasteiger partial charge in [-0.3, -0.25) is 4.79 Å². The Morgan fingerprint density at radius 1 is 1.29 bits per heavy atom. The molecule has 0 aromatic heterocycles. The van der Waals surface area contributed by atoms with Crippen molar-refractivity contribution in [2.75, 3.05) is 5.32 Å². The molecule has 21 heavy (non-hydrogen) atoms. The number of nitrogens with two attached hydrogens (primary N) is 1. The molecule has 1 aromatic rings. The lowest BCUT2D eigenvalue weighted by Crippen LogP contribution is -2.38. The summed E-state index contributed by atoms with van der Waals surface area (Å²) in [7, 11) is 0. The lowest BCUT2D eigenvalue weighted by Gasteiger charge is -2.26. The van der Waals surface area contributed by atoms with Gasteiger partial charge >= 0.3 is 5.97 Å². The molecule has 0 aliphatic heterocycles. The summed E-state index contributed by atoms with van der Waals surface area (Å²) in [4.78, 5) is 22.8. The standard InChI is InChI=1S/C14H18F2N2O3/c1-14(2,3)11(17)6-12(19)18-10-5-9(16)8(15)4-7(10)13(20)21/h4-5,11H,6,17H2,1-3H3,(H,18,19)(H,20,21). The number of aromatic carboxylic acids is 1. The maximum atomic E-state index is 13.2. The SMILES string of the molecule is CC(C)(C)C(N)CC(=O)Nc1cc(F)c(F)cc1C(=O)O. The third-order valence-electron chi connectivity index (χ3n) is 3.08. The van der Waals surface area contributed by atoms with Crippen LogP contribution in [0.25, 0.3) is 0 Å². The van der Waals surface area contributed by atoms with E-state index in [2.05, 4.69) is 5.32 Å². The number of halogens is 2. The highest BCUT2D eigenvalue weighted by atomic mass is 19.2. The molecule has 7 heteroatoms. The number of carboxylic acids is 1. The maximum Gasteiger partial charge on any atom is 0.337 e. The smallest absolute Gasteiger partial charge is 0.337 e. The Balaban J connectivity index is 2.95. The second-order valence-corrected chi connectivity index (χ2v) is 5.84. The van der Waals surface area contributed by atoms with Crippen molar-refractivity contribution < 1.29 is 23.5 Å². The Bertz CT molecular complexity index is 568. The summed E-state index contributed by atoms with van der Waals surface area (Å²) in [6, 6.07) is 0.701. The molecule has 0 spiro atoms. The van der Waals surface area contributed by atoms with Gasteiger partial charge < -0.3 is 16.2 Å². The van der Waals surface area contributed by atoms with Gasteiger partial charge in [-0.1, -0.05) is 20.8 Å². The highest BCUT2D eigenvalue weighted by Crippen LogP contribution is 2.23. The molecule has 0 saturated heterocycles. The van der Waals surface area contributed by atoms with E-state index in [0.717, 1.165) is 0 Å². The zero-order valence-electron chi connectivity index (χ0n) is 12.0. The van der Waals surface area contributed by atoms with E-state index >= 15 is 0 Å². The van der Waals surface area contributed by atoms with Crippen LogP contribution in [0.2, 0.25) is 0 Å². The zero-order valence-corrected chi connectivity index (χ0v) is 12.0. The van der Waals surface area contributed by atoms with Crippen LogP contribution in [-0.2, 0) is 4.79 Å². The zero-order chi connectivity index (χ0) is 16.4. The van der Waals surface area contributed by atoms with Gasteiger partial charge in [-0.15, -0.1) is 0 Å². The second kappa shape index (κ2) is 6.17. The van der Waals surface area contributed by atoms with Crippen LogP contribution in [0.15, 0.2) is 12.1 Å². The fourth-order valence-corrected chi connectivity index (χ4v) is 1.53. The van der Waals surface area contributed by atoms with Gasteiger partial charge in [0.25, 0.3) is 0 Å². The predicted octanol–water partition coefficient (Wildman–Crippen LogP) is 2.37. The van der Waals surface area contributed by atoms with Crippen LogP contribution in [0.4, 0.5) is 14.5 Å². The second-order valence-electron chi connectivity index (χ2n) is 5.84. The Morgan fingerprint density at radius 3 is 2.29 bits per heavy atom. The van der Waals surface area contributed by atoms with Crippen molar-refractivity contribution in [3.8, 4) is 0 Å². The molecule has 0 bridgehead atoms. The first-order chi connectivity index (χ1) is 9.52. The quantitative estimate of drug-likeness (QED) is 0.796. The van der Waals surface area contributed by atoms with Crippen LogP contribution in [-0.4, -0.2) is 23.0 Å². The Hall–Kier alpha value is -2.02. The lowest BCUT2D eigenvalue weighted by atomic mass is 9.85. The molecule has 0 saturated carbocycles. The van der Waals surface area contributed by atoms with Gasteiger partial charge in [0.05, 0.1) is 11.3 Å². The monoisotopic (exact) mass is 300 g/mol. The summed E-state index contributed by atoms with van der Waals surface area (Å²) in [6.07, 6.45) is -0.0679. The van der Waals surface area contributed by atoms with Crippen LogP contribution in [0.3, 0.4) is 0 Å². The fourth-order valence-electron chi connectivity index (χ4n) is 1.53. The number of carbonyl (C=O) groups is 2. The van der Waals surface area contributed by atoms with Crippen molar-refractivity contribution in [3.63, 3.8) is 0 Å². The van der Waals surface area contributed by atoms with Crippen molar-refractivity contribution in [2.24, 2.45) is 11.1 Å². The first kappa shape index (κ1) is 17.0. The number of anilines is 1. The number of carboxylic acid groups (broad SMARTS) is 1. The van der Waals surface area contributed by atoms with Crippen molar-refractivity contribution >= 4 is 17.6 Å². The number of benzene rings is 1. The molecule has 1 unspecified atom stereocenters. The molecule has 1 aromatic carbocycles. The number of rotatable bonds is 4. The van der Waals surface area contributed by atoms with Crippen molar-refractivity contribution in [1.29, 1.82) is 0 Å². The van der Waals surface area contributed by atoms with Crippen LogP contribution < -0.4 is 11.1 Å². The molecule has 116 valence electrons. The van der Waals surface area contributed by atoms with E-state index < -0.39 is 35.1 Å². The third-order valence-corrected chi connectivity index (χ3v) is 3.08. The molecule has 1 rings (SSSR count). The highest BCUT2D eigenvalue weighted by Gasteiger charge is 2.24. The van der Waals surface area contributed by atoms with E-state index in [9.17, 15) is 18.4 Å². The molecule has 0 aliphatic rings. The summed E-state index contributed by atoms with van der Waals surface area (Å²) < 4.78 is 26.2. The fraction of sp³-hybridized carbons (Fsp3) is 0.429. The molecule has 0 heterocycles. The van der Waals surface area contributed by atoms with Crippen molar-refractivity contribution in [2.45, 2.75) is 33.2 Å². The van der Waals surface area contributed by atoms with Gasteiger partial charge in [-0.25, -0.2) is 13.6 Å². The normalized spacial score (nSPS) is 12.9. The molecule has 4 N–H and O–H groups in total. The topological polar surface area (TPSA) is 92.4 Å². The molecule has 0 radical (unpaired) electrons. The minimum absolute atomic E-state index is 0.0679.